The molecule has 30 heavy (non-hydrogen) atoms. The number of benzene rings is 2. The molecule has 156 valence electrons. The van der Waals surface area contributed by atoms with E-state index in [2.05, 4.69) is 15.9 Å². The Morgan fingerprint density at radius 1 is 1.10 bits per heavy atom. The monoisotopic (exact) mass is 478 g/mol. The van der Waals surface area contributed by atoms with Crippen LogP contribution in [0.15, 0.2) is 76.0 Å². The summed E-state index contributed by atoms with van der Waals surface area (Å²) in [5.74, 6) is -2.79. The second-order valence-corrected chi connectivity index (χ2v) is 7.75. The van der Waals surface area contributed by atoms with Gasteiger partial charge in [-0.05, 0) is 49.7 Å². The molecule has 2 aromatic rings. The van der Waals surface area contributed by atoms with Crippen molar-refractivity contribution in [1.29, 1.82) is 0 Å². The Bertz CT molecular complexity index is 1070. The molecule has 3 rings (SSSR count). The number of ketones is 1. The Hall–Kier alpha value is -2.87. The maximum absolute atomic E-state index is 13.2. The Morgan fingerprint density at radius 3 is 2.27 bits per heavy atom. The molecule has 0 radical (unpaired) electrons. The molecule has 8 heteroatoms. The normalized spacial score (nSPS) is 17.1. The van der Waals surface area contributed by atoms with E-state index < -0.39 is 23.6 Å². The van der Waals surface area contributed by atoms with E-state index >= 15 is 0 Å². The number of carbonyl (C=O) groups excluding carboxylic acids is 2. The second-order valence-electron chi connectivity index (χ2n) is 6.83. The van der Waals surface area contributed by atoms with Gasteiger partial charge in [-0.1, -0.05) is 34.1 Å². The zero-order valence-corrected chi connectivity index (χ0v) is 17.5. The lowest BCUT2D eigenvalue weighted by Gasteiger charge is -2.35. The molecule has 0 saturated carbocycles. The largest absolute Gasteiger partial charge is 0.545 e. The molecular formula is C22H16BrF3NO3-. The van der Waals surface area contributed by atoms with Gasteiger partial charge in [0.1, 0.15) is 0 Å². The van der Waals surface area contributed by atoms with Crippen molar-refractivity contribution in [2.45, 2.75) is 25.9 Å². The average molecular weight is 479 g/mol. The highest BCUT2D eigenvalue weighted by Gasteiger charge is 2.34. The minimum absolute atomic E-state index is 0.0917. The molecular weight excluding hydrogens is 463 g/mol. The van der Waals surface area contributed by atoms with Crippen LogP contribution in [0.3, 0.4) is 0 Å². The number of hydrogen-bond acceptors (Lipinski definition) is 4. The molecule has 1 aliphatic heterocycles. The Morgan fingerprint density at radius 2 is 1.73 bits per heavy atom. The van der Waals surface area contributed by atoms with Crippen LogP contribution >= 0.6 is 15.9 Å². The molecule has 1 atom stereocenters. The molecule has 2 aromatic carbocycles. The van der Waals surface area contributed by atoms with Crippen molar-refractivity contribution in [2.75, 3.05) is 4.90 Å². The lowest BCUT2D eigenvalue weighted by Crippen LogP contribution is -2.35. The van der Waals surface area contributed by atoms with Crippen LogP contribution in [-0.2, 0) is 15.8 Å². The van der Waals surface area contributed by atoms with Crippen molar-refractivity contribution in [3.05, 3.63) is 87.2 Å². The van der Waals surface area contributed by atoms with E-state index in [0.29, 0.717) is 11.3 Å². The molecule has 1 unspecified atom stereocenters. The number of carbonyl (C=O) groups is 2. The number of aliphatic carboxylic acids is 1. The third kappa shape index (κ3) is 4.18. The Kier molecular flexibility index (Phi) is 5.90. The molecule has 0 amide bonds. The van der Waals surface area contributed by atoms with Crippen LogP contribution in [0.1, 0.15) is 30.9 Å². The number of hydrogen-bond donors (Lipinski definition) is 0. The molecule has 0 N–H and O–H groups in total. The minimum atomic E-state index is -4.56. The molecule has 4 nitrogen and oxygen atoms in total. The maximum atomic E-state index is 13.2. The fourth-order valence-electron chi connectivity index (χ4n) is 3.53. The van der Waals surface area contributed by atoms with Gasteiger partial charge in [-0.2, -0.15) is 13.2 Å². The third-order valence-electron chi connectivity index (χ3n) is 4.89. The van der Waals surface area contributed by atoms with E-state index in [1.54, 1.807) is 31.2 Å². The molecule has 0 saturated heterocycles. The lowest BCUT2D eigenvalue weighted by molar-refractivity contribution is -0.299. The van der Waals surface area contributed by atoms with E-state index in [0.717, 1.165) is 16.6 Å². The van der Waals surface area contributed by atoms with E-state index in [-0.39, 0.29) is 22.6 Å². The molecule has 0 aromatic heterocycles. The quantitative estimate of drug-likeness (QED) is 0.645. The Labute approximate surface area is 179 Å². The smallest absolute Gasteiger partial charge is 0.416 e. The van der Waals surface area contributed by atoms with Crippen molar-refractivity contribution in [3.63, 3.8) is 0 Å². The molecule has 0 fully saturated rings. The fraction of sp³-hybridized carbons (Fsp3) is 0.182. The van der Waals surface area contributed by atoms with Crippen LogP contribution < -0.4 is 10.0 Å². The van der Waals surface area contributed by atoms with E-state index in [9.17, 15) is 27.9 Å². The van der Waals surface area contributed by atoms with E-state index in [1.807, 2.05) is 0 Å². The van der Waals surface area contributed by atoms with Crippen LogP contribution in [0, 0.1) is 0 Å². The van der Waals surface area contributed by atoms with Gasteiger partial charge in [-0.15, -0.1) is 0 Å². The number of allylic oxidation sites excluding steroid dienone is 2. The molecule has 0 aliphatic carbocycles. The van der Waals surface area contributed by atoms with Gasteiger partial charge >= 0.3 is 6.18 Å². The first-order valence-electron chi connectivity index (χ1n) is 8.87. The van der Waals surface area contributed by atoms with E-state index in [4.69, 9.17) is 0 Å². The predicted molar refractivity (Wildman–Crippen MR) is 107 cm³/mol. The van der Waals surface area contributed by atoms with Gasteiger partial charge in [0.2, 0.25) is 0 Å². The van der Waals surface area contributed by atoms with Crippen LogP contribution in [0.4, 0.5) is 18.9 Å². The topological polar surface area (TPSA) is 60.4 Å². The zero-order valence-electron chi connectivity index (χ0n) is 16.0. The first kappa shape index (κ1) is 21.8. The number of anilines is 1. The summed E-state index contributed by atoms with van der Waals surface area (Å²) in [6.45, 7) is 2.87. The standard InChI is InChI=1S/C22H17BrF3NO3/c1-12-19(13(2)28)20(14-6-8-16(23)9-7-14)18(21(29)30)11-27(12)17-5-3-4-15(10-17)22(24,25)26/h3-11,20H,1-2H3,(H,29,30)/p-1. The number of nitrogens with zero attached hydrogens (tertiary/aromatic N) is 1. The van der Waals surface area contributed by atoms with Crippen LogP contribution in [0.2, 0.25) is 0 Å². The van der Waals surface area contributed by atoms with Crippen LogP contribution in [0.5, 0.6) is 0 Å². The van der Waals surface area contributed by atoms with Crippen molar-refractivity contribution in [1.82, 2.24) is 0 Å². The maximum Gasteiger partial charge on any atom is 0.416 e. The number of carboxylic acid groups (broad SMARTS) is 1. The van der Waals surface area contributed by atoms with Gasteiger partial charge in [-0.25, -0.2) is 0 Å². The van der Waals surface area contributed by atoms with Gasteiger partial charge in [0.15, 0.2) is 5.78 Å². The van der Waals surface area contributed by atoms with Gasteiger partial charge in [0, 0.05) is 39.1 Å². The van der Waals surface area contributed by atoms with Crippen molar-refractivity contribution < 1.29 is 27.9 Å². The van der Waals surface area contributed by atoms with Crippen LogP contribution in [0.25, 0.3) is 0 Å². The summed E-state index contributed by atoms with van der Waals surface area (Å²) in [5.41, 5.74) is 0.0771. The zero-order chi connectivity index (χ0) is 22.2. The summed E-state index contributed by atoms with van der Waals surface area (Å²) in [5, 5.41) is 12.0. The Balaban J connectivity index is 2.21. The first-order valence-corrected chi connectivity index (χ1v) is 9.66. The SMILES string of the molecule is CC(=O)C1=C(C)N(c2cccc(C(F)(F)F)c2)C=C(C(=O)[O-])C1c1ccc(Br)cc1. The average Bonchev–Trinajstić information content (AvgIpc) is 2.67. The van der Waals surface area contributed by atoms with Gasteiger partial charge in [0.05, 0.1) is 11.5 Å². The molecule has 0 spiro atoms. The summed E-state index contributed by atoms with van der Waals surface area (Å²) in [4.78, 5) is 25.8. The molecule has 1 aliphatic rings. The summed E-state index contributed by atoms with van der Waals surface area (Å²) >= 11 is 3.31. The van der Waals surface area contributed by atoms with Crippen molar-refractivity contribution in [3.8, 4) is 0 Å². The number of carboxylic acids is 1. The molecule has 1 heterocycles. The first-order chi connectivity index (χ1) is 14.0. The molecule has 0 bridgehead atoms. The van der Waals surface area contributed by atoms with Gasteiger partial charge in [0.25, 0.3) is 0 Å². The number of rotatable bonds is 4. The summed E-state index contributed by atoms with van der Waals surface area (Å²) in [6.07, 6.45) is -3.34. The van der Waals surface area contributed by atoms with Crippen LogP contribution in [-0.4, -0.2) is 11.8 Å². The van der Waals surface area contributed by atoms with Crippen molar-refractivity contribution >= 4 is 33.4 Å². The highest BCUT2D eigenvalue weighted by molar-refractivity contribution is 9.10. The second kappa shape index (κ2) is 8.10. The summed E-state index contributed by atoms with van der Waals surface area (Å²) < 4.78 is 40.2. The lowest BCUT2D eigenvalue weighted by atomic mass is 9.80. The predicted octanol–water partition coefficient (Wildman–Crippen LogP) is 4.57. The number of halogens is 4. The van der Waals surface area contributed by atoms with Gasteiger partial charge < -0.3 is 14.8 Å². The fourth-order valence-corrected chi connectivity index (χ4v) is 3.80. The van der Waals surface area contributed by atoms with Crippen molar-refractivity contribution in [2.24, 2.45) is 0 Å². The highest BCUT2D eigenvalue weighted by Crippen LogP contribution is 2.41. The van der Waals surface area contributed by atoms with E-state index in [1.165, 1.54) is 30.2 Å². The number of Topliss-reactive ketones (excluding diaryl/α,β-unsaturated/α-hetero) is 1. The number of alkyl halides is 3. The minimum Gasteiger partial charge on any atom is -0.545 e. The summed E-state index contributed by atoms with van der Waals surface area (Å²) in [7, 11) is 0. The highest BCUT2D eigenvalue weighted by atomic mass is 79.9. The summed E-state index contributed by atoms with van der Waals surface area (Å²) in [6, 6.07) is 11.3. The van der Waals surface area contributed by atoms with Gasteiger partial charge in [-0.3, -0.25) is 4.79 Å². The third-order valence-corrected chi connectivity index (χ3v) is 5.42.